The van der Waals surface area contributed by atoms with Gasteiger partial charge in [0.15, 0.2) is 0 Å². The molecule has 0 heterocycles. The smallest absolute Gasteiger partial charge is 0.269 e. The van der Waals surface area contributed by atoms with Gasteiger partial charge in [-0.1, -0.05) is 29.8 Å². The number of nitrogens with one attached hydrogen (secondary N) is 1. The van der Waals surface area contributed by atoms with E-state index < -0.39 is 10.8 Å². The van der Waals surface area contributed by atoms with Crippen LogP contribution in [0.25, 0.3) is 6.08 Å². The summed E-state index contributed by atoms with van der Waals surface area (Å²) in [7, 11) is 1.50. The third-order valence-electron chi connectivity index (χ3n) is 4.85. The first-order valence-electron chi connectivity index (χ1n) is 10.0. The zero-order valence-electron chi connectivity index (χ0n) is 18.4. The zero-order valence-corrected chi connectivity index (χ0v) is 19.1. The first-order chi connectivity index (χ1) is 16.3. The second-order valence-electron chi connectivity index (χ2n) is 7.20. The van der Waals surface area contributed by atoms with E-state index in [0.29, 0.717) is 33.3 Å². The Morgan fingerprint density at radius 3 is 2.71 bits per heavy atom. The van der Waals surface area contributed by atoms with Gasteiger partial charge in [-0.2, -0.15) is 5.26 Å². The number of nitrogens with zero attached hydrogens (tertiary/aromatic N) is 2. The SMILES string of the molecule is COc1ccc(/C=C(\C#N)C(=O)Nc2cc(Cl)ccc2C)c(OCc2cccc([N+](=O)[O-])c2)c1. The molecule has 0 aliphatic rings. The van der Waals surface area contributed by atoms with Gasteiger partial charge in [-0.15, -0.1) is 0 Å². The van der Waals surface area contributed by atoms with E-state index in [-0.39, 0.29) is 17.9 Å². The van der Waals surface area contributed by atoms with Gasteiger partial charge in [-0.3, -0.25) is 14.9 Å². The highest BCUT2D eigenvalue weighted by Gasteiger charge is 2.14. The lowest BCUT2D eigenvalue weighted by Crippen LogP contribution is -2.14. The number of nitriles is 1. The lowest BCUT2D eigenvalue weighted by molar-refractivity contribution is -0.384. The quantitative estimate of drug-likeness (QED) is 0.193. The zero-order chi connectivity index (χ0) is 24.7. The third kappa shape index (κ3) is 6.12. The molecule has 0 aliphatic heterocycles. The van der Waals surface area contributed by atoms with Crippen LogP contribution in [0.2, 0.25) is 5.02 Å². The number of methoxy groups -OCH3 is 1. The molecule has 9 heteroatoms. The number of nitro benzene ring substituents is 1. The Bertz CT molecular complexity index is 1310. The molecule has 0 aromatic heterocycles. The Hall–Kier alpha value is -4.35. The van der Waals surface area contributed by atoms with Crippen molar-refractivity contribution in [3.05, 3.63) is 98.1 Å². The second kappa shape index (κ2) is 11.0. The molecule has 0 unspecified atom stereocenters. The maximum Gasteiger partial charge on any atom is 0.269 e. The number of rotatable bonds is 8. The van der Waals surface area contributed by atoms with Crippen molar-refractivity contribution in [3.8, 4) is 17.6 Å². The summed E-state index contributed by atoms with van der Waals surface area (Å²) in [5.74, 6) is 0.238. The van der Waals surface area contributed by atoms with E-state index in [1.54, 1.807) is 48.5 Å². The molecule has 3 aromatic rings. The minimum Gasteiger partial charge on any atom is -0.497 e. The Morgan fingerprint density at radius 2 is 2.00 bits per heavy atom. The minimum absolute atomic E-state index is 0.0332. The van der Waals surface area contributed by atoms with Crippen LogP contribution in [0.5, 0.6) is 11.5 Å². The van der Waals surface area contributed by atoms with Crippen LogP contribution in [-0.2, 0) is 11.4 Å². The summed E-state index contributed by atoms with van der Waals surface area (Å²) < 4.78 is 11.1. The molecule has 0 atom stereocenters. The fourth-order valence-electron chi connectivity index (χ4n) is 3.03. The van der Waals surface area contributed by atoms with Crippen molar-refractivity contribution < 1.29 is 19.2 Å². The monoisotopic (exact) mass is 477 g/mol. The number of ether oxygens (including phenoxy) is 2. The predicted molar refractivity (Wildman–Crippen MR) is 129 cm³/mol. The van der Waals surface area contributed by atoms with E-state index in [9.17, 15) is 20.2 Å². The number of aryl methyl sites for hydroxylation is 1. The standard InChI is InChI=1S/C25H20ClN3O5/c1-16-6-8-20(26)12-23(16)28-25(30)19(14-27)11-18-7-9-22(33-2)13-24(18)34-15-17-4-3-5-21(10-17)29(31)32/h3-13H,15H2,1-2H3,(H,28,30)/b19-11+. The van der Waals surface area contributed by atoms with E-state index in [2.05, 4.69) is 5.32 Å². The van der Waals surface area contributed by atoms with Crippen molar-refractivity contribution in [3.63, 3.8) is 0 Å². The first-order valence-corrected chi connectivity index (χ1v) is 10.4. The molecule has 3 aromatic carbocycles. The second-order valence-corrected chi connectivity index (χ2v) is 7.64. The number of anilines is 1. The molecule has 0 spiro atoms. The van der Waals surface area contributed by atoms with Gasteiger partial charge >= 0.3 is 0 Å². The highest BCUT2D eigenvalue weighted by molar-refractivity contribution is 6.31. The van der Waals surface area contributed by atoms with E-state index >= 15 is 0 Å². The molecule has 0 saturated carbocycles. The van der Waals surface area contributed by atoms with Crippen LogP contribution in [0.4, 0.5) is 11.4 Å². The Kier molecular flexibility index (Phi) is 7.85. The number of carbonyl (C=O) groups is 1. The maximum atomic E-state index is 12.8. The van der Waals surface area contributed by atoms with Crippen molar-refractivity contribution in [1.82, 2.24) is 0 Å². The van der Waals surface area contributed by atoms with Gasteiger partial charge in [0.25, 0.3) is 11.6 Å². The number of non-ortho nitro benzene ring substituents is 1. The van der Waals surface area contributed by atoms with Crippen LogP contribution in [0.15, 0.2) is 66.2 Å². The number of hydrogen-bond acceptors (Lipinski definition) is 6. The first kappa shape index (κ1) is 24.3. The van der Waals surface area contributed by atoms with E-state index in [4.69, 9.17) is 21.1 Å². The van der Waals surface area contributed by atoms with Gasteiger partial charge in [0.1, 0.15) is 29.7 Å². The highest BCUT2D eigenvalue weighted by Crippen LogP contribution is 2.29. The Labute approximate surface area is 201 Å². The van der Waals surface area contributed by atoms with E-state index in [1.165, 1.54) is 25.3 Å². The van der Waals surface area contributed by atoms with Gasteiger partial charge in [-0.05, 0) is 48.4 Å². The summed E-state index contributed by atoms with van der Waals surface area (Å²) in [6, 6.07) is 18.0. The summed E-state index contributed by atoms with van der Waals surface area (Å²) in [4.78, 5) is 23.3. The molecule has 34 heavy (non-hydrogen) atoms. The van der Waals surface area contributed by atoms with Gasteiger partial charge < -0.3 is 14.8 Å². The molecule has 0 aliphatic carbocycles. The van der Waals surface area contributed by atoms with Gasteiger partial charge in [0.05, 0.1) is 12.0 Å². The van der Waals surface area contributed by atoms with Crippen LogP contribution >= 0.6 is 11.6 Å². The number of carbonyl (C=O) groups excluding carboxylic acids is 1. The molecule has 1 amide bonds. The number of halogens is 1. The lowest BCUT2D eigenvalue weighted by atomic mass is 10.1. The molecular formula is C25H20ClN3O5. The summed E-state index contributed by atoms with van der Waals surface area (Å²) in [6.45, 7) is 1.84. The predicted octanol–water partition coefficient (Wildman–Crippen LogP) is 5.69. The number of nitro groups is 1. The normalized spacial score (nSPS) is 10.8. The number of amides is 1. The Balaban J connectivity index is 1.88. The van der Waals surface area contributed by atoms with Crippen molar-refractivity contribution in [2.45, 2.75) is 13.5 Å². The van der Waals surface area contributed by atoms with E-state index in [1.807, 2.05) is 13.0 Å². The van der Waals surface area contributed by atoms with Gasteiger partial charge in [0.2, 0.25) is 0 Å². The summed E-state index contributed by atoms with van der Waals surface area (Å²) >= 11 is 6.01. The molecule has 3 rings (SSSR count). The largest absolute Gasteiger partial charge is 0.497 e. The number of benzene rings is 3. The van der Waals surface area contributed by atoms with E-state index in [0.717, 1.165) is 5.56 Å². The van der Waals surface area contributed by atoms with Crippen molar-refractivity contribution >= 4 is 35.0 Å². The van der Waals surface area contributed by atoms with Crippen LogP contribution in [0, 0.1) is 28.4 Å². The average Bonchev–Trinajstić information content (AvgIpc) is 2.83. The Morgan fingerprint density at radius 1 is 1.21 bits per heavy atom. The topological polar surface area (TPSA) is 114 Å². The molecule has 0 saturated heterocycles. The molecule has 0 radical (unpaired) electrons. The molecule has 1 N–H and O–H groups in total. The summed E-state index contributed by atoms with van der Waals surface area (Å²) in [5.41, 5.74) is 2.13. The fraction of sp³-hybridized carbons (Fsp3) is 0.120. The highest BCUT2D eigenvalue weighted by atomic mass is 35.5. The van der Waals surface area contributed by atoms with Crippen molar-refractivity contribution in [2.24, 2.45) is 0 Å². The van der Waals surface area contributed by atoms with Crippen LogP contribution in [0.3, 0.4) is 0 Å². The molecule has 8 nitrogen and oxygen atoms in total. The lowest BCUT2D eigenvalue weighted by Gasteiger charge is -2.12. The van der Waals surface area contributed by atoms with Gasteiger partial charge in [0, 0.05) is 34.5 Å². The molecule has 0 bridgehead atoms. The van der Waals surface area contributed by atoms with Crippen LogP contribution in [-0.4, -0.2) is 17.9 Å². The third-order valence-corrected chi connectivity index (χ3v) is 5.08. The number of hydrogen-bond donors (Lipinski definition) is 1. The molecular weight excluding hydrogens is 458 g/mol. The van der Waals surface area contributed by atoms with Crippen LogP contribution < -0.4 is 14.8 Å². The van der Waals surface area contributed by atoms with Crippen LogP contribution in [0.1, 0.15) is 16.7 Å². The summed E-state index contributed by atoms with van der Waals surface area (Å²) in [6.07, 6.45) is 1.40. The summed E-state index contributed by atoms with van der Waals surface area (Å²) in [5, 5.41) is 23.8. The van der Waals surface area contributed by atoms with Crippen molar-refractivity contribution in [2.75, 3.05) is 12.4 Å². The molecule has 0 fully saturated rings. The van der Waals surface area contributed by atoms with Gasteiger partial charge in [-0.25, -0.2) is 0 Å². The van der Waals surface area contributed by atoms with Crippen molar-refractivity contribution in [1.29, 1.82) is 5.26 Å². The average molecular weight is 478 g/mol. The minimum atomic E-state index is -0.603. The maximum absolute atomic E-state index is 12.8. The fourth-order valence-corrected chi connectivity index (χ4v) is 3.20. The molecule has 172 valence electrons.